The van der Waals surface area contributed by atoms with Gasteiger partial charge in [0, 0.05) is 0 Å². The summed E-state index contributed by atoms with van der Waals surface area (Å²) < 4.78 is 18.3. The highest BCUT2D eigenvalue weighted by atomic mass is 19.1. The lowest BCUT2D eigenvalue weighted by Gasteiger charge is -2.07. The average Bonchev–Trinajstić information content (AvgIpc) is 2.29. The maximum atomic E-state index is 13.6. The Kier molecular flexibility index (Phi) is 4.17. The molecule has 0 aliphatic rings. The van der Waals surface area contributed by atoms with Gasteiger partial charge in [0.25, 0.3) is 0 Å². The molecule has 0 aliphatic carbocycles. The Morgan fingerprint density at radius 1 is 1.44 bits per heavy atom. The fraction of sp³-hybridized carbons (Fsp3) is 0.333. The van der Waals surface area contributed by atoms with Crippen LogP contribution in [0.3, 0.4) is 0 Å². The van der Waals surface area contributed by atoms with Crippen LogP contribution in [0.1, 0.15) is 40.1 Å². The molecule has 4 heteroatoms. The molecule has 1 aromatic rings. The molecule has 0 saturated heterocycles. The molecule has 1 rings (SSSR count). The Morgan fingerprint density at radius 2 is 2.12 bits per heavy atom. The van der Waals surface area contributed by atoms with Gasteiger partial charge in [-0.25, -0.2) is 9.18 Å². The van der Waals surface area contributed by atoms with Crippen LogP contribution in [-0.2, 0) is 11.2 Å². The molecule has 0 saturated carbocycles. The quantitative estimate of drug-likeness (QED) is 0.582. The van der Waals surface area contributed by atoms with Crippen molar-refractivity contribution in [1.82, 2.24) is 0 Å². The molecule has 16 heavy (non-hydrogen) atoms. The van der Waals surface area contributed by atoms with Crippen LogP contribution >= 0.6 is 0 Å². The number of hydrogen-bond acceptors (Lipinski definition) is 3. The van der Waals surface area contributed by atoms with E-state index in [0.29, 0.717) is 12.7 Å². The lowest BCUT2D eigenvalue weighted by molar-refractivity contribution is 0.0521. The summed E-state index contributed by atoms with van der Waals surface area (Å²) in [4.78, 5) is 22.1. The van der Waals surface area contributed by atoms with Gasteiger partial charge in [-0.15, -0.1) is 0 Å². The Hall–Kier alpha value is -1.71. The smallest absolute Gasteiger partial charge is 0.341 e. The highest BCUT2D eigenvalue weighted by Crippen LogP contribution is 2.16. The van der Waals surface area contributed by atoms with Gasteiger partial charge in [-0.2, -0.15) is 0 Å². The van der Waals surface area contributed by atoms with Gasteiger partial charge in [-0.3, -0.25) is 4.79 Å². The molecule has 0 heterocycles. The van der Waals surface area contributed by atoms with E-state index in [4.69, 9.17) is 4.74 Å². The second kappa shape index (κ2) is 5.39. The van der Waals surface area contributed by atoms with Crippen molar-refractivity contribution in [3.63, 3.8) is 0 Å². The van der Waals surface area contributed by atoms with Crippen molar-refractivity contribution in [2.24, 2.45) is 0 Å². The average molecular weight is 224 g/mol. The minimum Gasteiger partial charge on any atom is -0.462 e. The van der Waals surface area contributed by atoms with Crippen molar-refractivity contribution in [3.05, 3.63) is 34.6 Å². The fourth-order valence-corrected chi connectivity index (χ4v) is 1.36. The van der Waals surface area contributed by atoms with Crippen LogP contribution in [-0.4, -0.2) is 18.9 Å². The third kappa shape index (κ3) is 2.45. The topological polar surface area (TPSA) is 43.4 Å². The number of aldehydes is 1. The first-order valence-electron chi connectivity index (χ1n) is 5.08. The minimum atomic E-state index is -0.814. The zero-order chi connectivity index (χ0) is 12.1. The van der Waals surface area contributed by atoms with Crippen molar-refractivity contribution >= 4 is 12.3 Å². The first kappa shape index (κ1) is 12.4. The van der Waals surface area contributed by atoms with Gasteiger partial charge >= 0.3 is 5.97 Å². The number of carbonyl (C=O) groups excluding carboxylic acids is 2. The highest BCUT2D eigenvalue weighted by Gasteiger charge is 2.17. The molecule has 0 unspecified atom stereocenters. The highest BCUT2D eigenvalue weighted by molar-refractivity contribution is 5.92. The maximum absolute atomic E-state index is 13.6. The zero-order valence-electron chi connectivity index (χ0n) is 9.25. The maximum Gasteiger partial charge on any atom is 0.341 e. The van der Waals surface area contributed by atoms with Gasteiger partial charge in [-0.1, -0.05) is 6.92 Å². The Bertz CT molecular complexity index is 413. The standard InChI is InChI=1S/C12H13FO3/c1-3-8-5-9(7-14)11(13)10(6-8)12(15)16-4-2/h5-7H,3-4H2,1-2H3. The van der Waals surface area contributed by atoms with Crippen molar-refractivity contribution < 1.29 is 18.7 Å². The number of benzene rings is 1. The third-order valence-electron chi connectivity index (χ3n) is 2.19. The van der Waals surface area contributed by atoms with Crippen molar-refractivity contribution in [2.75, 3.05) is 6.61 Å². The molecule has 86 valence electrons. The Labute approximate surface area is 93.2 Å². The van der Waals surface area contributed by atoms with E-state index in [1.54, 1.807) is 6.92 Å². The van der Waals surface area contributed by atoms with Crippen molar-refractivity contribution in [1.29, 1.82) is 0 Å². The molecular formula is C12H13FO3. The number of esters is 1. The van der Waals surface area contributed by atoms with Crippen molar-refractivity contribution in [2.45, 2.75) is 20.3 Å². The van der Waals surface area contributed by atoms with E-state index in [1.165, 1.54) is 12.1 Å². The number of aryl methyl sites for hydroxylation is 1. The van der Waals surface area contributed by atoms with Crippen LogP contribution in [0.5, 0.6) is 0 Å². The van der Waals surface area contributed by atoms with Crippen LogP contribution in [0.2, 0.25) is 0 Å². The number of rotatable bonds is 4. The lowest BCUT2D eigenvalue weighted by atomic mass is 10.0. The molecule has 0 amide bonds. The molecule has 0 atom stereocenters. The van der Waals surface area contributed by atoms with E-state index in [9.17, 15) is 14.0 Å². The summed E-state index contributed by atoms with van der Waals surface area (Å²) in [5.41, 5.74) is 0.442. The van der Waals surface area contributed by atoms with E-state index in [1.807, 2.05) is 6.92 Å². The van der Waals surface area contributed by atoms with E-state index in [0.717, 1.165) is 5.56 Å². The minimum absolute atomic E-state index is 0.109. The fourth-order valence-electron chi connectivity index (χ4n) is 1.36. The van der Waals surface area contributed by atoms with Crippen LogP contribution in [0.25, 0.3) is 0 Å². The molecule has 0 fully saturated rings. The summed E-state index contributed by atoms with van der Waals surface area (Å²) in [6, 6.07) is 2.85. The molecule has 0 radical (unpaired) electrons. The van der Waals surface area contributed by atoms with Gasteiger partial charge in [0.15, 0.2) is 6.29 Å². The van der Waals surface area contributed by atoms with Gasteiger partial charge in [0.2, 0.25) is 0 Å². The lowest BCUT2D eigenvalue weighted by Crippen LogP contribution is -2.10. The molecule has 0 spiro atoms. The number of carbonyl (C=O) groups is 2. The summed E-state index contributed by atoms with van der Waals surface area (Å²) in [5.74, 6) is -1.55. The van der Waals surface area contributed by atoms with Crippen LogP contribution in [0, 0.1) is 5.82 Å². The second-order valence-electron chi connectivity index (χ2n) is 3.24. The van der Waals surface area contributed by atoms with Gasteiger partial charge in [-0.05, 0) is 31.0 Å². The Balaban J connectivity index is 3.25. The molecule has 0 aromatic heterocycles. The predicted octanol–water partition coefficient (Wildman–Crippen LogP) is 2.38. The molecular weight excluding hydrogens is 211 g/mol. The van der Waals surface area contributed by atoms with E-state index in [2.05, 4.69) is 0 Å². The first-order chi connectivity index (χ1) is 7.63. The van der Waals surface area contributed by atoms with Crippen molar-refractivity contribution in [3.8, 4) is 0 Å². The molecule has 0 N–H and O–H groups in total. The second-order valence-corrected chi connectivity index (χ2v) is 3.24. The van der Waals surface area contributed by atoms with E-state index in [-0.39, 0.29) is 17.7 Å². The first-order valence-corrected chi connectivity index (χ1v) is 5.08. The predicted molar refractivity (Wildman–Crippen MR) is 57.1 cm³/mol. The molecule has 0 bridgehead atoms. The summed E-state index contributed by atoms with van der Waals surface area (Å²) >= 11 is 0. The molecule has 0 aliphatic heterocycles. The van der Waals surface area contributed by atoms with Gasteiger partial charge < -0.3 is 4.74 Å². The number of hydrogen-bond donors (Lipinski definition) is 0. The van der Waals surface area contributed by atoms with Crippen LogP contribution in [0.15, 0.2) is 12.1 Å². The van der Waals surface area contributed by atoms with E-state index >= 15 is 0 Å². The zero-order valence-corrected chi connectivity index (χ0v) is 9.25. The van der Waals surface area contributed by atoms with E-state index < -0.39 is 11.8 Å². The molecule has 3 nitrogen and oxygen atoms in total. The summed E-state index contributed by atoms with van der Waals surface area (Å²) in [6.07, 6.45) is 1.02. The summed E-state index contributed by atoms with van der Waals surface area (Å²) in [5, 5.41) is 0. The summed E-state index contributed by atoms with van der Waals surface area (Å²) in [6.45, 7) is 3.67. The van der Waals surface area contributed by atoms with Crippen LogP contribution in [0.4, 0.5) is 4.39 Å². The monoisotopic (exact) mass is 224 g/mol. The Morgan fingerprint density at radius 3 is 2.62 bits per heavy atom. The largest absolute Gasteiger partial charge is 0.462 e. The summed E-state index contributed by atoms with van der Waals surface area (Å²) in [7, 11) is 0. The van der Waals surface area contributed by atoms with Crippen LogP contribution < -0.4 is 0 Å². The SMILES string of the molecule is CCOC(=O)c1cc(CC)cc(C=O)c1F. The number of halogens is 1. The molecule has 1 aromatic carbocycles. The normalized spacial score (nSPS) is 9.94. The van der Waals surface area contributed by atoms with Gasteiger partial charge in [0.1, 0.15) is 5.82 Å². The third-order valence-corrected chi connectivity index (χ3v) is 2.19. The number of ether oxygens (including phenoxy) is 1. The van der Waals surface area contributed by atoms with Gasteiger partial charge in [0.05, 0.1) is 17.7 Å².